The van der Waals surface area contributed by atoms with Gasteiger partial charge in [-0.25, -0.2) is 0 Å². The van der Waals surface area contributed by atoms with Crippen molar-refractivity contribution in [2.75, 3.05) is 0 Å². The molecule has 0 aliphatic carbocycles. The van der Waals surface area contributed by atoms with Crippen LogP contribution in [0.25, 0.3) is 11.0 Å². The van der Waals surface area contributed by atoms with Crippen LogP contribution in [0.4, 0.5) is 0 Å². The van der Waals surface area contributed by atoms with E-state index in [-0.39, 0.29) is 0 Å². The van der Waals surface area contributed by atoms with E-state index in [0.29, 0.717) is 0 Å². The van der Waals surface area contributed by atoms with Crippen LogP contribution in [0.5, 0.6) is 0 Å². The van der Waals surface area contributed by atoms with Crippen LogP contribution in [0.1, 0.15) is 33.3 Å². The van der Waals surface area contributed by atoms with Gasteiger partial charge in [-0.05, 0) is 25.1 Å². The molecule has 2 aromatic rings. The lowest BCUT2D eigenvalue weighted by atomic mass is 10.2. The summed E-state index contributed by atoms with van der Waals surface area (Å²) in [5.74, 6) is 0. The summed E-state index contributed by atoms with van der Waals surface area (Å²) in [7, 11) is 0. The Morgan fingerprint density at radius 2 is 1.57 bits per heavy atom. The van der Waals surface area contributed by atoms with Crippen LogP contribution in [0.2, 0.25) is 0 Å². The molecule has 0 fully saturated rings. The number of hydrogen-bond acceptors (Lipinski definition) is 1. The van der Waals surface area contributed by atoms with Crippen molar-refractivity contribution in [3.63, 3.8) is 0 Å². The zero-order chi connectivity index (χ0) is 11.0. The maximum absolute atomic E-state index is 5.17. The second-order valence-electron chi connectivity index (χ2n) is 2.46. The first-order valence-corrected chi connectivity index (χ1v) is 5.30. The molecule has 0 N–H and O–H groups in total. The molecule has 1 heterocycles. The lowest BCUT2D eigenvalue weighted by Crippen LogP contribution is -1.67. The minimum Gasteiger partial charge on any atom is -0.464 e. The highest BCUT2D eigenvalue weighted by molar-refractivity contribution is 5.77. The van der Waals surface area contributed by atoms with Crippen LogP contribution in [-0.2, 0) is 0 Å². The molecule has 1 aromatic heterocycles. The molecular weight excluding hydrogens is 172 g/mol. The van der Waals surface area contributed by atoms with E-state index in [4.69, 9.17) is 4.42 Å². The molecule has 0 bridgehead atoms. The van der Waals surface area contributed by atoms with Crippen LogP contribution in [0, 0.1) is 6.92 Å². The highest BCUT2D eigenvalue weighted by Crippen LogP contribution is 2.15. The summed E-state index contributed by atoms with van der Waals surface area (Å²) in [4.78, 5) is 0. The Kier molecular flexibility index (Phi) is 6.55. The first kappa shape index (κ1) is 12.8. The fraction of sp³-hybridized carbons (Fsp3) is 0.385. The molecule has 0 amide bonds. The third-order valence-corrected chi connectivity index (χ3v) is 1.61. The van der Waals surface area contributed by atoms with Crippen molar-refractivity contribution in [2.24, 2.45) is 0 Å². The van der Waals surface area contributed by atoms with Crippen LogP contribution in [0.3, 0.4) is 0 Å². The minimum absolute atomic E-state index is 0.964. The Morgan fingerprint density at radius 3 is 2.21 bits per heavy atom. The molecule has 0 atom stereocenters. The number of aryl methyl sites for hydroxylation is 1. The van der Waals surface area contributed by atoms with E-state index >= 15 is 0 Å². The van der Waals surface area contributed by atoms with Crippen molar-refractivity contribution in [3.05, 3.63) is 36.1 Å². The highest BCUT2D eigenvalue weighted by atomic mass is 16.3. The zero-order valence-electron chi connectivity index (χ0n) is 9.79. The monoisotopic (exact) mass is 192 g/mol. The third kappa shape index (κ3) is 3.25. The second kappa shape index (κ2) is 7.19. The van der Waals surface area contributed by atoms with Gasteiger partial charge in [0.1, 0.15) is 5.58 Å². The molecule has 0 saturated heterocycles. The topological polar surface area (TPSA) is 13.1 Å². The molecule has 1 nitrogen and oxygen atoms in total. The quantitative estimate of drug-likeness (QED) is 0.584. The van der Waals surface area contributed by atoms with E-state index in [1.165, 1.54) is 10.9 Å². The largest absolute Gasteiger partial charge is 0.464 e. The first-order valence-electron chi connectivity index (χ1n) is 5.30. The predicted octanol–water partition coefficient (Wildman–Crippen LogP) is 4.79. The van der Waals surface area contributed by atoms with Gasteiger partial charge in [-0.3, -0.25) is 0 Å². The van der Waals surface area contributed by atoms with Gasteiger partial charge in [-0.2, -0.15) is 0 Å². The molecule has 2 rings (SSSR count). The van der Waals surface area contributed by atoms with Crippen LogP contribution in [-0.4, -0.2) is 0 Å². The highest BCUT2D eigenvalue weighted by Gasteiger charge is 1.93. The van der Waals surface area contributed by atoms with Gasteiger partial charge >= 0.3 is 0 Å². The Morgan fingerprint density at radius 1 is 0.929 bits per heavy atom. The van der Waals surface area contributed by atoms with Gasteiger partial charge in [-0.15, -0.1) is 0 Å². The number of furan rings is 1. The number of rotatable bonds is 0. The molecule has 0 spiro atoms. The van der Waals surface area contributed by atoms with Crippen LogP contribution in [0.15, 0.2) is 34.9 Å². The molecule has 1 aromatic carbocycles. The maximum Gasteiger partial charge on any atom is 0.133 e. The molecule has 0 aliphatic rings. The van der Waals surface area contributed by atoms with Gasteiger partial charge in [0.2, 0.25) is 0 Å². The summed E-state index contributed by atoms with van der Waals surface area (Å²) in [5.41, 5.74) is 2.24. The summed E-state index contributed by atoms with van der Waals surface area (Å²) in [5, 5.41) is 1.18. The number of fused-ring (bicyclic) bond motifs is 1. The predicted molar refractivity (Wildman–Crippen MR) is 63.6 cm³/mol. The van der Waals surface area contributed by atoms with Gasteiger partial charge in [0.25, 0.3) is 0 Å². The Balaban J connectivity index is 0.000000379. The lowest BCUT2D eigenvalue weighted by molar-refractivity contribution is 0.616. The first-order chi connectivity index (χ1) is 6.86. The average Bonchev–Trinajstić information content (AvgIpc) is 2.71. The summed E-state index contributed by atoms with van der Waals surface area (Å²) in [6.45, 7) is 10.1. The maximum atomic E-state index is 5.17. The van der Waals surface area contributed by atoms with E-state index in [1.807, 2.05) is 45.9 Å². The van der Waals surface area contributed by atoms with E-state index in [2.05, 4.69) is 13.0 Å². The van der Waals surface area contributed by atoms with Gasteiger partial charge < -0.3 is 4.42 Å². The summed E-state index contributed by atoms with van der Waals surface area (Å²) >= 11 is 0. The number of benzene rings is 1. The van der Waals surface area contributed by atoms with Crippen LogP contribution >= 0.6 is 0 Å². The Hall–Kier alpha value is -1.24. The molecule has 0 aliphatic heterocycles. The number of hydrogen-bond donors (Lipinski definition) is 0. The molecule has 0 unspecified atom stereocenters. The van der Waals surface area contributed by atoms with Crippen molar-refractivity contribution in [1.29, 1.82) is 0 Å². The fourth-order valence-electron chi connectivity index (χ4n) is 1.09. The van der Waals surface area contributed by atoms with Crippen molar-refractivity contribution in [1.82, 2.24) is 0 Å². The molecule has 0 radical (unpaired) electrons. The lowest BCUT2D eigenvalue weighted by Gasteiger charge is -1.89. The molecule has 0 saturated carbocycles. The third-order valence-electron chi connectivity index (χ3n) is 1.61. The van der Waals surface area contributed by atoms with Crippen molar-refractivity contribution in [3.8, 4) is 0 Å². The van der Waals surface area contributed by atoms with E-state index in [1.54, 1.807) is 6.26 Å². The second-order valence-corrected chi connectivity index (χ2v) is 2.46. The SMILES string of the molecule is CC.CC.Cc1ccc2occc2c1. The molecule has 14 heavy (non-hydrogen) atoms. The summed E-state index contributed by atoms with van der Waals surface area (Å²) in [6, 6.07) is 8.12. The van der Waals surface area contributed by atoms with E-state index in [0.717, 1.165) is 5.58 Å². The van der Waals surface area contributed by atoms with Gasteiger partial charge in [0, 0.05) is 5.39 Å². The van der Waals surface area contributed by atoms with Crippen molar-refractivity contribution >= 4 is 11.0 Å². The summed E-state index contributed by atoms with van der Waals surface area (Å²) < 4.78 is 5.17. The molecule has 1 heteroatoms. The Labute approximate surface area is 86.7 Å². The van der Waals surface area contributed by atoms with Crippen molar-refractivity contribution in [2.45, 2.75) is 34.6 Å². The Bertz CT molecular complexity index is 347. The zero-order valence-corrected chi connectivity index (χ0v) is 9.79. The standard InChI is InChI=1S/C9H8O.2C2H6/c1-7-2-3-9-8(6-7)4-5-10-9;2*1-2/h2-6H,1H3;2*1-2H3. The normalized spacial score (nSPS) is 8.36. The fourth-order valence-corrected chi connectivity index (χ4v) is 1.09. The van der Waals surface area contributed by atoms with Crippen LogP contribution < -0.4 is 0 Å². The molecule has 78 valence electrons. The smallest absolute Gasteiger partial charge is 0.133 e. The van der Waals surface area contributed by atoms with E-state index in [9.17, 15) is 0 Å². The molecular formula is C13H20O. The van der Waals surface area contributed by atoms with E-state index < -0.39 is 0 Å². The minimum atomic E-state index is 0.964. The summed E-state index contributed by atoms with van der Waals surface area (Å²) in [6.07, 6.45) is 1.71. The van der Waals surface area contributed by atoms with Gasteiger partial charge in [0.15, 0.2) is 0 Å². The average molecular weight is 192 g/mol. The van der Waals surface area contributed by atoms with Gasteiger partial charge in [-0.1, -0.05) is 39.3 Å². The van der Waals surface area contributed by atoms with Gasteiger partial charge in [0.05, 0.1) is 6.26 Å². The van der Waals surface area contributed by atoms with Crippen molar-refractivity contribution < 1.29 is 4.42 Å².